The summed E-state index contributed by atoms with van der Waals surface area (Å²) in [7, 11) is 0. The number of thioether (sulfide) groups is 1. The fourth-order valence-electron chi connectivity index (χ4n) is 3.82. The smallest absolute Gasteiger partial charge is 0.336 e. The van der Waals surface area contributed by atoms with Crippen molar-refractivity contribution in [3.05, 3.63) is 106 Å². The van der Waals surface area contributed by atoms with Crippen LogP contribution in [0.2, 0.25) is 0 Å². The first kappa shape index (κ1) is 19.3. The molecule has 0 spiro atoms. The second-order valence-electron chi connectivity index (χ2n) is 7.16. The molecule has 0 aliphatic rings. The standard InChI is InChI=1S/C25H18N2O3S/c1-2-13-27-24(29)19-9-5-6-10-20(19)26-25(27)31-15-17-14-22(28)30-21-12-11-16-7-3-4-8-18(16)23(17)21/h2-12,14H,1,13,15H2. The molecule has 5 nitrogen and oxygen atoms in total. The van der Waals surface area contributed by atoms with Gasteiger partial charge in [0.2, 0.25) is 0 Å². The average Bonchev–Trinajstić information content (AvgIpc) is 2.79. The average molecular weight is 426 g/mol. The van der Waals surface area contributed by atoms with Gasteiger partial charge in [0.15, 0.2) is 5.16 Å². The quantitative estimate of drug-likeness (QED) is 0.128. The lowest BCUT2D eigenvalue weighted by Crippen LogP contribution is -2.22. The molecular weight excluding hydrogens is 408 g/mol. The zero-order valence-corrected chi connectivity index (χ0v) is 17.4. The van der Waals surface area contributed by atoms with Crippen molar-refractivity contribution in [1.29, 1.82) is 0 Å². The van der Waals surface area contributed by atoms with E-state index in [4.69, 9.17) is 9.40 Å². The molecule has 0 fully saturated rings. The SMILES string of the molecule is C=CCn1c(SCc2cc(=O)oc3ccc4ccccc4c23)nc2ccccc2c1=O. The van der Waals surface area contributed by atoms with Crippen LogP contribution in [0.25, 0.3) is 32.6 Å². The maximum absolute atomic E-state index is 13.0. The van der Waals surface area contributed by atoms with E-state index in [2.05, 4.69) is 6.58 Å². The summed E-state index contributed by atoms with van der Waals surface area (Å²) < 4.78 is 7.07. The highest BCUT2D eigenvalue weighted by Crippen LogP contribution is 2.31. The van der Waals surface area contributed by atoms with Crippen LogP contribution in [0.5, 0.6) is 0 Å². The molecule has 152 valence electrons. The molecule has 0 aliphatic carbocycles. The lowest BCUT2D eigenvalue weighted by Gasteiger charge is -2.12. The number of allylic oxidation sites excluding steroid dienone is 1. The van der Waals surface area contributed by atoms with E-state index in [1.807, 2.05) is 54.6 Å². The second kappa shape index (κ2) is 7.89. The number of benzene rings is 3. The Hall–Kier alpha value is -3.64. The summed E-state index contributed by atoms with van der Waals surface area (Å²) in [5, 5.41) is 4.16. The summed E-state index contributed by atoms with van der Waals surface area (Å²) in [6.45, 7) is 4.13. The highest BCUT2D eigenvalue weighted by atomic mass is 32.2. The minimum Gasteiger partial charge on any atom is -0.423 e. The fraction of sp³-hybridized carbons (Fsp3) is 0.0800. The molecule has 2 heterocycles. The van der Waals surface area contributed by atoms with Crippen LogP contribution in [0.15, 0.2) is 98.5 Å². The summed E-state index contributed by atoms with van der Waals surface area (Å²) in [5.41, 5.74) is 1.56. The minimum absolute atomic E-state index is 0.101. The van der Waals surface area contributed by atoms with Gasteiger partial charge >= 0.3 is 5.63 Å². The normalized spacial score (nSPS) is 11.4. The Morgan fingerprint density at radius 3 is 2.61 bits per heavy atom. The van der Waals surface area contributed by atoms with Gasteiger partial charge in [0.1, 0.15) is 5.58 Å². The molecule has 0 amide bonds. The largest absolute Gasteiger partial charge is 0.423 e. The van der Waals surface area contributed by atoms with Gasteiger partial charge in [-0.2, -0.15) is 0 Å². The van der Waals surface area contributed by atoms with E-state index in [9.17, 15) is 9.59 Å². The number of para-hydroxylation sites is 1. The molecule has 0 saturated heterocycles. The number of hydrogen-bond donors (Lipinski definition) is 0. The zero-order chi connectivity index (χ0) is 21.4. The number of fused-ring (bicyclic) bond motifs is 4. The lowest BCUT2D eigenvalue weighted by molar-refractivity contribution is 0.560. The van der Waals surface area contributed by atoms with Crippen molar-refractivity contribution in [2.45, 2.75) is 17.5 Å². The lowest BCUT2D eigenvalue weighted by atomic mass is 10.0. The van der Waals surface area contributed by atoms with Crippen LogP contribution in [-0.4, -0.2) is 9.55 Å². The molecule has 31 heavy (non-hydrogen) atoms. The Labute approximate surface area is 181 Å². The minimum atomic E-state index is -0.395. The third-order valence-corrected chi connectivity index (χ3v) is 6.23. The Bertz CT molecular complexity index is 1580. The van der Waals surface area contributed by atoms with Gasteiger partial charge in [0.25, 0.3) is 5.56 Å². The van der Waals surface area contributed by atoms with Crippen LogP contribution in [-0.2, 0) is 12.3 Å². The molecular formula is C25H18N2O3S. The van der Waals surface area contributed by atoms with Gasteiger partial charge in [-0.05, 0) is 34.5 Å². The third kappa shape index (κ3) is 3.45. The summed E-state index contributed by atoms with van der Waals surface area (Å²) >= 11 is 1.42. The van der Waals surface area contributed by atoms with Crippen LogP contribution in [0.1, 0.15) is 5.56 Å². The molecule has 0 atom stereocenters. The van der Waals surface area contributed by atoms with Crippen molar-refractivity contribution in [2.24, 2.45) is 0 Å². The van der Waals surface area contributed by atoms with Gasteiger partial charge in [-0.15, -0.1) is 6.58 Å². The van der Waals surface area contributed by atoms with Gasteiger partial charge in [-0.3, -0.25) is 9.36 Å². The molecule has 0 N–H and O–H groups in total. The van der Waals surface area contributed by atoms with Crippen molar-refractivity contribution < 1.29 is 4.42 Å². The van der Waals surface area contributed by atoms with Gasteiger partial charge in [0, 0.05) is 23.8 Å². The maximum Gasteiger partial charge on any atom is 0.336 e. The van der Waals surface area contributed by atoms with E-state index >= 15 is 0 Å². The summed E-state index contributed by atoms with van der Waals surface area (Å²) in [4.78, 5) is 29.9. The Kier molecular flexibility index (Phi) is 4.92. The molecule has 5 aromatic rings. The maximum atomic E-state index is 13.0. The highest BCUT2D eigenvalue weighted by Gasteiger charge is 2.14. The van der Waals surface area contributed by atoms with Crippen LogP contribution in [0.4, 0.5) is 0 Å². The predicted octanol–water partition coefficient (Wildman–Crippen LogP) is 5.13. The zero-order valence-electron chi connectivity index (χ0n) is 16.6. The summed E-state index contributed by atoms with van der Waals surface area (Å²) in [6, 6.07) is 20.6. The first-order chi connectivity index (χ1) is 15.2. The van der Waals surface area contributed by atoms with E-state index in [-0.39, 0.29) is 5.56 Å². The van der Waals surface area contributed by atoms with E-state index < -0.39 is 5.63 Å². The molecule has 0 radical (unpaired) electrons. The number of nitrogens with zero attached hydrogens (tertiary/aromatic N) is 2. The molecule has 0 unspecified atom stereocenters. The van der Waals surface area contributed by atoms with E-state index in [1.165, 1.54) is 17.8 Å². The van der Waals surface area contributed by atoms with Gasteiger partial charge in [-0.25, -0.2) is 9.78 Å². The first-order valence-electron chi connectivity index (χ1n) is 9.83. The number of hydrogen-bond acceptors (Lipinski definition) is 5. The monoisotopic (exact) mass is 426 g/mol. The Morgan fingerprint density at radius 2 is 1.77 bits per heavy atom. The second-order valence-corrected chi connectivity index (χ2v) is 8.10. The Balaban J connectivity index is 1.65. The molecule has 0 aliphatic heterocycles. The van der Waals surface area contributed by atoms with E-state index in [0.717, 1.165) is 21.7 Å². The highest BCUT2D eigenvalue weighted by molar-refractivity contribution is 7.98. The van der Waals surface area contributed by atoms with Gasteiger partial charge in [0.05, 0.1) is 10.9 Å². The predicted molar refractivity (Wildman–Crippen MR) is 126 cm³/mol. The van der Waals surface area contributed by atoms with Crippen molar-refractivity contribution in [3.63, 3.8) is 0 Å². The number of aromatic nitrogens is 2. The molecule has 6 heteroatoms. The Morgan fingerprint density at radius 1 is 1.00 bits per heavy atom. The number of rotatable bonds is 5. The molecule has 0 saturated carbocycles. The summed E-state index contributed by atoms with van der Waals surface area (Å²) in [5.74, 6) is 0.470. The van der Waals surface area contributed by atoms with Crippen LogP contribution in [0, 0.1) is 0 Å². The van der Waals surface area contributed by atoms with E-state index in [0.29, 0.717) is 33.9 Å². The van der Waals surface area contributed by atoms with Crippen LogP contribution < -0.4 is 11.2 Å². The van der Waals surface area contributed by atoms with Crippen LogP contribution in [0.3, 0.4) is 0 Å². The topological polar surface area (TPSA) is 65.1 Å². The van der Waals surface area contributed by atoms with Crippen molar-refractivity contribution in [3.8, 4) is 0 Å². The van der Waals surface area contributed by atoms with E-state index in [1.54, 1.807) is 16.7 Å². The first-order valence-corrected chi connectivity index (χ1v) is 10.8. The molecule has 2 aromatic heterocycles. The van der Waals surface area contributed by atoms with Gasteiger partial charge in [-0.1, -0.05) is 60.3 Å². The van der Waals surface area contributed by atoms with Crippen molar-refractivity contribution in [1.82, 2.24) is 9.55 Å². The molecule has 5 rings (SSSR count). The molecule has 3 aromatic carbocycles. The fourth-order valence-corrected chi connectivity index (χ4v) is 4.81. The third-order valence-electron chi connectivity index (χ3n) is 5.21. The van der Waals surface area contributed by atoms with Gasteiger partial charge < -0.3 is 4.42 Å². The van der Waals surface area contributed by atoms with Crippen LogP contribution >= 0.6 is 11.8 Å². The van der Waals surface area contributed by atoms with Crippen molar-refractivity contribution >= 4 is 44.4 Å². The van der Waals surface area contributed by atoms with Crippen molar-refractivity contribution in [2.75, 3.05) is 0 Å². The molecule has 0 bridgehead atoms. The summed E-state index contributed by atoms with van der Waals surface area (Å²) in [6.07, 6.45) is 1.68.